The zero-order chi connectivity index (χ0) is 11.7. The first kappa shape index (κ1) is 11.2. The minimum absolute atomic E-state index is 0.0526. The van der Waals surface area contributed by atoms with E-state index in [2.05, 4.69) is 26.1 Å². The summed E-state index contributed by atoms with van der Waals surface area (Å²) in [4.78, 5) is 10.7. The van der Waals surface area contributed by atoms with Gasteiger partial charge in [-0.05, 0) is 18.2 Å². The Bertz CT molecular complexity index is 554. The smallest absolute Gasteiger partial charge is 0.353 e. The van der Waals surface area contributed by atoms with Gasteiger partial charge in [0.15, 0.2) is 0 Å². The molecule has 0 atom stereocenters. The highest BCUT2D eigenvalue weighted by Crippen LogP contribution is 2.29. The Hall–Kier alpha value is -1.33. The van der Waals surface area contributed by atoms with E-state index in [1.165, 1.54) is 6.07 Å². The van der Waals surface area contributed by atoms with Crippen LogP contribution >= 0.6 is 27.5 Å². The molecule has 2 rings (SSSR count). The lowest BCUT2D eigenvalue weighted by Gasteiger charge is -2.00. The third kappa shape index (κ3) is 2.10. The molecule has 2 N–H and O–H groups in total. The number of rotatable bonds is 2. The molecule has 2 aromatic rings. The van der Waals surface area contributed by atoms with E-state index in [4.69, 9.17) is 16.7 Å². The molecule has 0 saturated carbocycles. The van der Waals surface area contributed by atoms with Crippen LogP contribution in [-0.4, -0.2) is 21.3 Å². The number of carbonyl (C=O) groups is 1. The van der Waals surface area contributed by atoms with Crippen LogP contribution in [-0.2, 0) is 0 Å². The van der Waals surface area contributed by atoms with E-state index in [-0.39, 0.29) is 5.69 Å². The SMILES string of the molecule is O=C(O)c1cc(-c2ccc(Cl)cc2Br)n[nH]1. The third-order valence-corrected chi connectivity index (χ3v) is 2.91. The van der Waals surface area contributed by atoms with Crippen molar-refractivity contribution in [2.45, 2.75) is 0 Å². The van der Waals surface area contributed by atoms with Gasteiger partial charge in [-0.15, -0.1) is 0 Å². The molecule has 0 fully saturated rings. The van der Waals surface area contributed by atoms with Crippen LogP contribution < -0.4 is 0 Å². The Morgan fingerprint density at radius 3 is 2.75 bits per heavy atom. The Balaban J connectivity index is 2.46. The first-order chi connectivity index (χ1) is 7.58. The van der Waals surface area contributed by atoms with Crippen LogP contribution in [0.3, 0.4) is 0 Å². The van der Waals surface area contributed by atoms with Gasteiger partial charge >= 0.3 is 5.97 Å². The average Bonchev–Trinajstić information content (AvgIpc) is 2.66. The highest BCUT2D eigenvalue weighted by molar-refractivity contribution is 9.10. The molecule has 1 aromatic carbocycles. The molecule has 0 radical (unpaired) electrons. The van der Waals surface area contributed by atoms with Crippen LogP contribution in [0.15, 0.2) is 28.7 Å². The Kier molecular flexibility index (Phi) is 2.98. The number of aromatic amines is 1. The molecule has 0 amide bonds. The maximum atomic E-state index is 10.7. The van der Waals surface area contributed by atoms with E-state index in [0.29, 0.717) is 10.7 Å². The number of hydrogen-bond acceptors (Lipinski definition) is 2. The Morgan fingerprint density at radius 2 is 2.19 bits per heavy atom. The van der Waals surface area contributed by atoms with Crippen molar-refractivity contribution in [1.29, 1.82) is 0 Å². The van der Waals surface area contributed by atoms with Crippen molar-refractivity contribution < 1.29 is 9.90 Å². The van der Waals surface area contributed by atoms with E-state index >= 15 is 0 Å². The van der Waals surface area contributed by atoms with Crippen molar-refractivity contribution >= 4 is 33.5 Å². The monoisotopic (exact) mass is 300 g/mol. The van der Waals surface area contributed by atoms with Crippen LogP contribution in [0.5, 0.6) is 0 Å². The lowest BCUT2D eigenvalue weighted by atomic mass is 10.1. The van der Waals surface area contributed by atoms with E-state index in [9.17, 15) is 4.79 Å². The maximum Gasteiger partial charge on any atom is 0.353 e. The molecule has 0 bridgehead atoms. The topological polar surface area (TPSA) is 66.0 Å². The molecule has 0 unspecified atom stereocenters. The fourth-order valence-electron chi connectivity index (χ4n) is 1.27. The molecule has 0 aliphatic carbocycles. The standard InChI is InChI=1S/C10H6BrClN2O2/c11-7-3-5(12)1-2-6(7)8-4-9(10(15)16)14-13-8/h1-4H,(H,13,14)(H,15,16). The van der Waals surface area contributed by atoms with E-state index < -0.39 is 5.97 Å². The molecule has 6 heteroatoms. The number of aromatic carboxylic acids is 1. The van der Waals surface area contributed by atoms with Crippen molar-refractivity contribution in [2.75, 3.05) is 0 Å². The number of H-pyrrole nitrogens is 1. The highest BCUT2D eigenvalue weighted by atomic mass is 79.9. The molecule has 1 heterocycles. The van der Waals surface area contributed by atoms with Crippen LogP contribution in [0, 0.1) is 0 Å². The summed E-state index contributed by atoms with van der Waals surface area (Å²) in [5, 5.41) is 15.7. The largest absolute Gasteiger partial charge is 0.477 e. The average molecular weight is 302 g/mol. The Labute approximate surface area is 104 Å². The van der Waals surface area contributed by atoms with Crippen molar-refractivity contribution in [3.05, 3.63) is 39.5 Å². The summed E-state index contributed by atoms with van der Waals surface area (Å²) in [6.45, 7) is 0. The minimum atomic E-state index is -1.04. The van der Waals surface area contributed by atoms with E-state index in [0.717, 1.165) is 10.0 Å². The van der Waals surface area contributed by atoms with Crippen LogP contribution in [0.4, 0.5) is 0 Å². The fourth-order valence-corrected chi connectivity index (χ4v) is 2.15. The van der Waals surface area contributed by atoms with Gasteiger partial charge in [-0.2, -0.15) is 5.10 Å². The quantitative estimate of drug-likeness (QED) is 0.895. The van der Waals surface area contributed by atoms with Gasteiger partial charge < -0.3 is 5.11 Å². The first-order valence-electron chi connectivity index (χ1n) is 4.32. The summed E-state index contributed by atoms with van der Waals surface area (Å²) in [6.07, 6.45) is 0. The lowest BCUT2D eigenvalue weighted by Crippen LogP contribution is -1.95. The number of hydrogen-bond donors (Lipinski definition) is 2. The highest BCUT2D eigenvalue weighted by Gasteiger charge is 2.11. The van der Waals surface area contributed by atoms with Crippen molar-refractivity contribution in [3.63, 3.8) is 0 Å². The molecule has 1 aromatic heterocycles. The Morgan fingerprint density at radius 1 is 1.44 bits per heavy atom. The molecule has 0 saturated heterocycles. The molecular formula is C10H6BrClN2O2. The number of carboxylic acids is 1. The van der Waals surface area contributed by atoms with Crippen molar-refractivity contribution in [2.24, 2.45) is 0 Å². The summed E-state index contributed by atoms with van der Waals surface area (Å²) in [6, 6.07) is 6.69. The zero-order valence-electron chi connectivity index (χ0n) is 7.87. The van der Waals surface area contributed by atoms with E-state index in [1.807, 2.05) is 0 Å². The van der Waals surface area contributed by atoms with Crippen LogP contribution in [0.25, 0.3) is 11.3 Å². The van der Waals surface area contributed by atoms with Crippen molar-refractivity contribution in [3.8, 4) is 11.3 Å². The fraction of sp³-hybridized carbons (Fsp3) is 0. The number of nitrogens with one attached hydrogen (secondary N) is 1. The molecular weight excluding hydrogens is 295 g/mol. The van der Waals surface area contributed by atoms with Crippen molar-refractivity contribution in [1.82, 2.24) is 10.2 Å². The molecule has 82 valence electrons. The maximum absolute atomic E-state index is 10.7. The second-order valence-electron chi connectivity index (χ2n) is 3.10. The second kappa shape index (κ2) is 4.27. The summed E-state index contributed by atoms with van der Waals surface area (Å²) in [7, 11) is 0. The summed E-state index contributed by atoms with van der Waals surface area (Å²) < 4.78 is 0.767. The number of nitrogens with zero attached hydrogens (tertiary/aromatic N) is 1. The lowest BCUT2D eigenvalue weighted by molar-refractivity contribution is 0.0690. The van der Waals surface area contributed by atoms with Gasteiger partial charge in [0.25, 0.3) is 0 Å². The van der Waals surface area contributed by atoms with Gasteiger partial charge in [0.2, 0.25) is 0 Å². The predicted octanol–water partition coefficient (Wildman–Crippen LogP) is 3.19. The summed E-state index contributed by atoms with van der Waals surface area (Å²) >= 11 is 9.15. The van der Waals surface area contributed by atoms with Crippen LogP contribution in [0.2, 0.25) is 5.02 Å². The van der Waals surface area contributed by atoms with Crippen LogP contribution in [0.1, 0.15) is 10.5 Å². The van der Waals surface area contributed by atoms with Gasteiger partial charge in [0.1, 0.15) is 5.69 Å². The first-order valence-corrected chi connectivity index (χ1v) is 5.49. The van der Waals surface area contributed by atoms with Gasteiger partial charge in [-0.25, -0.2) is 4.79 Å². The molecule has 4 nitrogen and oxygen atoms in total. The molecule has 16 heavy (non-hydrogen) atoms. The van der Waals surface area contributed by atoms with E-state index in [1.54, 1.807) is 18.2 Å². The molecule has 0 spiro atoms. The van der Waals surface area contributed by atoms with Gasteiger partial charge in [-0.1, -0.05) is 33.6 Å². The minimum Gasteiger partial charge on any atom is -0.477 e. The van der Waals surface area contributed by atoms with Gasteiger partial charge in [0, 0.05) is 15.1 Å². The number of benzene rings is 1. The third-order valence-electron chi connectivity index (χ3n) is 2.02. The number of halogens is 2. The zero-order valence-corrected chi connectivity index (χ0v) is 10.2. The van der Waals surface area contributed by atoms with Gasteiger partial charge in [0.05, 0.1) is 5.69 Å². The molecule has 0 aliphatic rings. The second-order valence-corrected chi connectivity index (χ2v) is 4.39. The summed E-state index contributed by atoms with van der Waals surface area (Å²) in [5.74, 6) is -1.04. The number of aromatic nitrogens is 2. The summed E-state index contributed by atoms with van der Waals surface area (Å²) in [5.41, 5.74) is 1.39. The predicted molar refractivity (Wildman–Crippen MR) is 63.7 cm³/mol. The normalized spacial score (nSPS) is 10.4. The molecule has 0 aliphatic heterocycles. The number of carboxylic acid groups (broad SMARTS) is 1. The van der Waals surface area contributed by atoms with Gasteiger partial charge in [-0.3, -0.25) is 5.10 Å².